The highest BCUT2D eigenvalue weighted by Crippen LogP contribution is 2.29. The van der Waals surface area contributed by atoms with Crippen molar-refractivity contribution in [3.63, 3.8) is 0 Å². The second-order valence-electron chi connectivity index (χ2n) is 4.60. The number of rotatable bonds is 4. The summed E-state index contributed by atoms with van der Waals surface area (Å²) in [6.07, 6.45) is 0.273. The highest BCUT2D eigenvalue weighted by atomic mass is 16.3. The number of nitrogens with zero attached hydrogens (tertiary/aromatic N) is 1. The molecular weight excluding hydrogens is 234 g/mol. The fraction of sp³-hybridized carbons (Fsp3) is 0.235. The van der Waals surface area contributed by atoms with E-state index in [4.69, 9.17) is 5.26 Å². The Bertz CT molecular complexity index is 554. The van der Waals surface area contributed by atoms with Crippen LogP contribution in [0.15, 0.2) is 54.6 Å². The van der Waals surface area contributed by atoms with Gasteiger partial charge in [0.25, 0.3) is 0 Å². The molecule has 0 amide bonds. The van der Waals surface area contributed by atoms with Crippen LogP contribution < -0.4 is 0 Å². The van der Waals surface area contributed by atoms with Gasteiger partial charge in [-0.25, -0.2) is 0 Å². The molecule has 0 saturated carbocycles. The summed E-state index contributed by atoms with van der Waals surface area (Å²) in [6.45, 7) is 1.98. The summed E-state index contributed by atoms with van der Waals surface area (Å²) in [4.78, 5) is 0. The summed E-state index contributed by atoms with van der Waals surface area (Å²) in [5.41, 5.74) is 2.78. The smallest absolute Gasteiger partial charge is 0.0991 e. The van der Waals surface area contributed by atoms with E-state index in [1.54, 1.807) is 12.1 Å². The molecule has 0 aliphatic heterocycles. The second-order valence-corrected chi connectivity index (χ2v) is 4.60. The summed E-state index contributed by atoms with van der Waals surface area (Å²) in [7, 11) is 0. The van der Waals surface area contributed by atoms with Gasteiger partial charge in [-0.2, -0.15) is 5.26 Å². The second kappa shape index (κ2) is 6.17. The predicted octanol–water partition coefficient (Wildman–Crippen LogP) is 3.46. The minimum absolute atomic E-state index is 0.0426. The van der Waals surface area contributed by atoms with Gasteiger partial charge in [-0.15, -0.1) is 0 Å². The van der Waals surface area contributed by atoms with Gasteiger partial charge in [0.05, 0.1) is 17.7 Å². The van der Waals surface area contributed by atoms with Crippen molar-refractivity contribution in [2.45, 2.75) is 25.4 Å². The maximum atomic E-state index is 10.3. The Morgan fingerprint density at radius 3 is 2.11 bits per heavy atom. The molecule has 0 aromatic heterocycles. The fourth-order valence-corrected chi connectivity index (χ4v) is 2.30. The first kappa shape index (κ1) is 13.3. The van der Waals surface area contributed by atoms with Crippen molar-refractivity contribution in [3.05, 3.63) is 71.3 Å². The van der Waals surface area contributed by atoms with Crippen LogP contribution in [-0.4, -0.2) is 11.2 Å². The Kier molecular flexibility index (Phi) is 4.33. The molecule has 2 nitrogen and oxygen atoms in total. The molecule has 19 heavy (non-hydrogen) atoms. The number of benzene rings is 2. The van der Waals surface area contributed by atoms with E-state index in [2.05, 4.69) is 6.07 Å². The van der Waals surface area contributed by atoms with E-state index in [-0.39, 0.29) is 5.92 Å². The zero-order chi connectivity index (χ0) is 13.7. The normalized spacial score (nSPS) is 13.5. The zero-order valence-corrected chi connectivity index (χ0v) is 11.0. The lowest BCUT2D eigenvalue weighted by molar-refractivity contribution is 0.152. The van der Waals surface area contributed by atoms with Crippen molar-refractivity contribution >= 4 is 0 Å². The third kappa shape index (κ3) is 3.01. The molecule has 0 bridgehead atoms. The predicted molar refractivity (Wildman–Crippen MR) is 75.7 cm³/mol. The topological polar surface area (TPSA) is 44.0 Å². The highest BCUT2D eigenvalue weighted by Gasteiger charge is 2.21. The van der Waals surface area contributed by atoms with E-state index >= 15 is 0 Å². The molecule has 2 heteroatoms. The van der Waals surface area contributed by atoms with E-state index in [1.807, 2.05) is 49.4 Å². The van der Waals surface area contributed by atoms with E-state index < -0.39 is 6.10 Å². The van der Waals surface area contributed by atoms with Crippen LogP contribution in [-0.2, 0) is 0 Å². The standard InChI is InChI=1S/C17H17NO/c1-2-16(19)17(14-6-4-3-5-7-14)15-10-8-13(12-18)9-11-15/h3-11,16-17,19H,2H2,1H3. The highest BCUT2D eigenvalue weighted by molar-refractivity contribution is 5.38. The monoisotopic (exact) mass is 251 g/mol. The van der Waals surface area contributed by atoms with Crippen molar-refractivity contribution in [1.29, 1.82) is 5.26 Å². The lowest BCUT2D eigenvalue weighted by atomic mass is 9.85. The van der Waals surface area contributed by atoms with E-state index in [0.717, 1.165) is 11.1 Å². The lowest BCUT2D eigenvalue weighted by Gasteiger charge is -2.23. The van der Waals surface area contributed by atoms with Crippen LogP contribution in [0.25, 0.3) is 0 Å². The maximum Gasteiger partial charge on any atom is 0.0991 e. The van der Waals surface area contributed by atoms with Crippen molar-refractivity contribution in [2.75, 3.05) is 0 Å². The molecule has 2 aromatic rings. The van der Waals surface area contributed by atoms with Gasteiger partial charge in [0.15, 0.2) is 0 Å². The third-order valence-corrected chi connectivity index (χ3v) is 3.36. The summed E-state index contributed by atoms with van der Waals surface area (Å²) < 4.78 is 0. The van der Waals surface area contributed by atoms with Gasteiger partial charge in [0.1, 0.15) is 0 Å². The summed E-state index contributed by atoms with van der Waals surface area (Å²) in [6, 6.07) is 19.6. The molecule has 0 radical (unpaired) electrons. The van der Waals surface area contributed by atoms with Gasteiger partial charge in [-0.1, -0.05) is 49.4 Å². The Labute approximate surface area is 114 Å². The molecule has 2 rings (SSSR count). The number of nitriles is 1. The first-order valence-corrected chi connectivity index (χ1v) is 6.49. The van der Waals surface area contributed by atoms with Gasteiger partial charge in [0.2, 0.25) is 0 Å². The molecule has 0 fully saturated rings. The molecule has 0 spiro atoms. The van der Waals surface area contributed by atoms with E-state index in [9.17, 15) is 5.11 Å². The number of aliphatic hydroxyl groups excluding tert-OH is 1. The molecule has 2 aromatic carbocycles. The molecule has 0 aliphatic rings. The maximum absolute atomic E-state index is 10.3. The van der Waals surface area contributed by atoms with Crippen molar-refractivity contribution < 1.29 is 5.11 Å². The first-order valence-electron chi connectivity index (χ1n) is 6.49. The molecule has 1 N–H and O–H groups in total. The molecule has 96 valence electrons. The largest absolute Gasteiger partial charge is 0.392 e. The van der Waals surface area contributed by atoms with Gasteiger partial charge in [-0.3, -0.25) is 0 Å². The lowest BCUT2D eigenvalue weighted by Crippen LogP contribution is -2.18. The number of aliphatic hydroxyl groups is 1. The van der Waals surface area contributed by atoms with Crippen LogP contribution in [0.4, 0.5) is 0 Å². The number of hydrogen-bond acceptors (Lipinski definition) is 2. The molecular formula is C17H17NO. The molecule has 2 atom stereocenters. The third-order valence-electron chi connectivity index (χ3n) is 3.36. The molecule has 0 heterocycles. The van der Waals surface area contributed by atoms with Crippen molar-refractivity contribution in [3.8, 4) is 6.07 Å². The average Bonchev–Trinajstić information content (AvgIpc) is 2.49. The molecule has 0 aliphatic carbocycles. The average molecular weight is 251 g/mol. The minimum Gasteiger partial charge on any atom is -0.392 e. The van der Waals surface area contributed by atoms with E-state index in [1.165, 1.54) is 0 Å². The van der Waals surface area contributed by atoms with Gasteiger partial charge in [0, 0.05) is 5.92 Å². The van der Waals surface area contributed by atoms with Crippen LogP contribution >= 0.6 is 0 Å². The summed E-state index contributed by atoms with van der Waals surface area (Å²) in [5.74, 6) is -0.0426. The van der Waals surface area contributed by atoms with Crippen LogP contribution in [0.1, 0.15) is 36.0 Å². The Balaban J connectivity index is 2.40. The fourth-order valence-electron chi connectivity index (χ4n) is 2.30. The minimum atomic E-state index is -0.421. The van der Waals surface area contributed by atoms with E-state index in [0.29, 0.717) is 12.0 Å². The summed E-state index contributed by atoms with van der Waals surface area (Å²) >= 11 is 0. The van der Waals surface area contributed by atoms with Gasteiger partial charge in [-0.05, 0) is 29.7 Å². The van der Waals surface area contributed by atoms with Gasteiger partial charge >= 0.3 is 0 Å². The number of hydrogen-bond donors (Lipinski definition) is 1. The van der Waals surface area contributed by atoms with Crippen LogP contribution in [0.5, 0.6) is 0 Å². The van der Waals surface area contributed by atoms with Crippen LogP contribution in [0, 0.1) is 11.3 Å². The molecule has 0 saturated heterocycles. The summed E-state index contributed by atoms with van der Waals surface area (Å²) in [5, 5.41) is 19.1. The quantitative estimate of drug-likeness (QED) is 0.904. The van der Waals surface area contributed by atoms with Crippen molar-refractivity contribution in [2.24, 2.45) is 0 Å². The SMILES string of the molecule is CCC(O)C(c1ccccc1)c1ccc(C#N)cc1. The van der Waals surface area contributed by atoms with Crippen LogP contribution in [0.3, 0.4) is 0 Å². The first-order chi connectivity index (χ1) is 9.26. The Morgan fingerprint density at radius 1 is 1.00 bits per heavy atom. The van der Waals surface area contributed by atoms with Gasteiger partial charge < -0.3 is 5.11 Å². The van der Waals surface area contributed by atoms with Crippen LogP contribution in [0.2, 0.25) is 0 Å². The van der Waals surface area contributed by atoms with Crippen molar-refractivity contribution in [1.82, 2.24) is 0 Å². The Hall–Kier alpha value is -2.11. The molecule has 2 unspecified atom stereocenters. The Morgan fingerprint density at radius 2 is 1.58 bits per heavy atom. The zero-order valence-electron chi connectivity index (χ0n) is 11.0.